The highest BCUT2D eigenvalue weighted by Crippen LogP contribution is 2.23. The predicted octanol–water partition coefficient (Wildman–Crippen LogP) is 2.95. The van der Waals surface area contributed by atoms with Crippen LogP contribution in [0.15, 0.2) is 36.5 Å². The van der Waals surface area contributed by atoms with Crippen molar-refractivity contribution < 1.29 is 14.7 Å². The largest absolute Gasteiger partial charge is 0.476 e. The first-order chi connectivity index (χ1) is 10.3. The summed E-state index contributed by atoms with van der Waals surface area (Å²) in [6.45, 7) is 5.97. The molecule has 0 fully saturated rings. The number of carbonyl (C=O) groups is 2. The lowest BCUT2D eigenvalue weighted by atomic mass is 9.92. The fourth-order valence-corrected chi connectivity index (χ4v) is 2.03. The first kappa shape index (κ1) is 15.8. The molecular formula is C16H19N3O3. The van der Waals surface area contributed by atoms with E-state index in [2.05, 4.69) is 10.4 Å². The second-order valence-corrected chi connectivity index (χ2v) is 6.25. The molecule has 2 rings (SSSR count). The number of rotatable bonds is 4. The molecule has 2 aromatic rings. The Morgan fingerprint density at radius 1 is 1.23 bits per heavy atom. The summed E-state index contributed by atoms with van der Waals surface area (Å²) in [5.41, 5.74) is 1.06. The molecule has 0 saturated carbocycles. The molecule has 0 radical (unpaired) electrons. The summed E-state index contributed by atoms with van der Waals surface area (Å²) in [7, 11) is 0. The first-order valence-electron chi connectivity index (χ1n) is 6.94. The second-order valence-electron chi connectivity index (χ2n) is 6.25. The Morgan fingerprint density at radius 3 is 2.50 bits per heavy atom. The van der Waals surface area contributed by atoms with Crippen molar-refractivity contribution in [2.24, 2.45) is 5.41 Å². The highest BCUT2D eigenvalue weighted by molar-refractivity contribution is 5.93. The van der Waals surface area contributed by atoms with Gasteiger partial charge in [0.25, 0.3) is 0 Å². The Labute approximate surface area is 128 Å². The summed E-state index contributed by atoms with van der Waals surface area (Å²) in [6.07, 6.45) is 1.94. The number of nitrogens with one attached hydrogen (secondary N) is 1. The van der Waals surface area contributed by atoms with Gasteiger partial charge in [-0.3, -0.25) is 4.79 Å². The Morgan fingerprint density at radius 2 is 1.91 bits per heavy atom. The van der Waals surface area contributed by atoms with Crippen LogP contribution in [0.3, 0.4) is 0 Å². The van der Waals surface area contributed by atoms with Gasteiger partial charge in [0.2, 0.25) is 5.91 Å². The van der Waals surface area contributed by atoms with E-state index in [9.17, 15) is 9.59 Å². The molecule has 1 amide bonds. The number of carboxylic acids is 1. The number of hydrogen-bond donors (Lipinski definition) is 2. The lowest BCUT2D eigenvalue weighted by Gasteiger charge is -2.18. The molecule has 22 heavy (non-hydrogen) atoms. The molecule has 116 valence electrons. The predicted molar refractivity (Wildman–Crippen MR) is 83.2 cm³/mol. The maximum absolute atomic E-state index is 12.1. The highest BCUT2D eigenvalue weighted by Gasteiger charge is 2.17. The molecule has 6 nitrogen and oxygen atoms in total. The summed E-state index contributed by atoms with van der Waals surface area (Å²) in [5.74, 6) is -1.18. The quantitative estimate of drug-likeness (QED) is 0.909. The monoisotopic (exact) mass is 301 g/mol. The van der Waals surface area contributed by atoms with Gasteiger partial charge in [-0.25, -0.2) is 9.48 Å². The summed E-state index contributed by atoms with van der Waals surface area (Å²) >= 11 is 0. The fraction of sp³-hybridized carbons (Fsp3) is 0.312. The van der Waals surface area contributed by atoms with Crippen molar-refractivity contribution in [1.82, 2.24) is 9.78 Å². The van der Waals surface area contributed by atoms with Gasteiger partial charge in [0.05, 0.1) is 11.4 Å². The molecule has 0 atom stereocenters. The molecule has 0 saturated heterocycles. The van der Waals surface area contributed by atoms with Crippen LogP contribution < -0.4 is 5.32 Å². The zero-order valence-corrected chi connectivity index (χ0v) is 12.8. The van der Waals surface area contributed by atoms with Crippen LogP contribution in [0.1, 0.15) is 37.7 Å². The van der Waals surface area contributed by atoms with Gasteiger partial charge < -0.3 is 10.4 Å². The highest BCUT2D eigenvalue weighted by atomic mass is 16.4. The van der Waals surface area contributed by atoms with Gasteiger partial charge in [-0.15, -0.1) is 0 Å². The van der Waals surface area contributed by atoms with Gasteiger partial charge in [-0.05, 0) is 23.6 Å². The third-order valence-corrected chi connectivity index (χ3v) is 2.92. The molecule has 1 heterocycles. The van der Waals surface area contributed by atoms with Crippen molar-refractivity contribution in [2.75, 3.05) is 5.32 Å². The zero-order chi connectivity index (χ0) is 16.3. The number of carbonyl (C=O) groups excluding carboxylic acids is 1. The molecule has 1 aromatic heterocycles. The van der Waals surface area contributed by atoms with Crippen LogP contribution in [0.5, 0.6) is 0 Å². The minimum atomic E-state index is -1.09. The van der Waals surface area contributed by atoms with Gasteiger partial charge >= 0.3 is 5.97 Å². The van der Waals surface area contributed by atoms with Crippen LogP contribution in [-0.4, -0.2) is 26.8 Å². The molecule has 0 bridgehead atoms. The first-order valence-corrected chi connectivity index (χ1v) is 6.94. The SMILES string of the molecule is CC(C)(C)CC(=O)Nc1ccccc1-n1ccc(C(=O)O)n1. The third kappa shape index (κ3) is 3.94. The Kier molecular flexibility index (Phi) is 4.30. The summed E-state index contributed by atoms with van der Waals surface area (Å²) in [4.78, 5) is 23.0. The Hall–Kier alpha value is -2.63. The topological polar surface area (TPSA) is 84.2 Å². The van der Waals surface area contributed by atoms with Crippen molar-refractivity contribution in [3.63, 3.8) is 0 Å². The molecule has 6 heteroatoms. The number of anilines is 1. The fourth-order valence-electron chi connectivity index (χ4n) is 2.03. The lowest BCUT2D eigenvalue weighted by Crippen LogP contribution is -2.20. The van der Waals surface area contributed by atoms with E-state index in [0.29, 0.717) is 17.8 Å². The van der Waals surface area contributed by atoms with Crippen molar-refractivity contribution in [3.8, 4) is 5.69 Å². The molecule has 0 spiro atoms. The van der Waals surface area contributed by atoms with Gasteiger partial charge in [-0.2, -0.15) is 5.10 Å². The van der Waals surface area contributed by atoms with Gasteiger partial charge in [0.15, 0.2) is 5.69 Å². The summed E-state index contributed by atoms with van der Waals surface area (Å²) in [6, 6.07) is 8.55. The van der Waals surface area contributed by atoms with Gasteiger partial charge in [0.1, 0.15) is 0 Å². The van der Waals surface area contributed by atoms with E-state index in [-0.39, 0.29) is 17.0 Å². The maximum atomic E-state index is 12.1. The van der Waals surface area contributed by atoms with E-state index < -0.39 is 5.97 Å². The van der Waals surface area contributed by atoms with E-state index in [1.165, 1.54) is 10.7 Å². The van der Waals surface area contributed by atoms with Crippen LogP contribution in [-0.2, 0) is 4.79 Å². The van der Waals surface area contributed by atoms with Crippen molar-refractivity contribution >= 4 is 17.6 Å². The zero-order valence-electron chi connectivity index (χ0n) is 12.8. The van der Waals surface area contributed by atoms with Crippen LogP contribution in [0.4, 0.5) is 5.69 Å². The minimum Gasteiger partial charge on any atom is -0.476 e. The number of nitrogens with zero attached hydrogens (tertiary/aromatic N) is 2. The van der Waals surface area contributed by atoms with Crippen molar-refractivity contribution in [1.29, 1.82) is 0 Å². The Bertz CT molecular complexity index is 699. The van der Waals surface area contributed by atoms with E-state index in [1.54, 1.807) is 30.5 Å². The van der Waals surface area contributed by atoms with E-state index >= 15 is 0 Å². The smallest absolute Gasteiger partial charge is 0.356 e. The molecule has 1 aromatic carbocycles. The van der Waals surface area contributed by atoms with Crippen LogP contribution in [0, 0.1) is 5.41 Å². The molecule has 0 aliphatic heterocycles. The van der Waals surface area contributed by atoms with Crippen LogP contribution in [0.2, 0.25) is 0 Å². The number of carboxylic acid groups (broad SMARTS) is 1. The van der Waals surface area contributed by atoms with E-state index in [1.807, 2.05) is 20.8 Å². The number of aromatic carboxylic acids is 1. The molecule has 0 unspecified atom stereocenters. The molecule has 2 N–H and O–H groups in total. The molecular weight excluding hydrogens is 282 g/mol. The number of aromatic nitrogens is 2. The van der Waals surface area contributed by atoms with Crippen LogP contribution in [0.25, 0.3) is 5.69 Å². The maximum Gasteiger partial charge on any atom is 0.356 e. The van der Waals surface area contributed by atoms with Crippen molar-refractivity contribution in [2.45, 2.75) is 27.2 Å². The van der Waals surface area contributed by atoms with Crippen molar-refractivity contribution in [3.05, 3.63) is 42.2 Å². The number of benzene rings is 1. The average molecular weight is 301 g/mol. The lowest BCUT2D eigenvalue weighted by molar-refractivity contribution is -0.117. The van der Waals surface area contributed by atoms with E-state index in [0.717, 1.165) is 0 Å². The van der Waals surface area contributed by atoms with E-state index in [4.69, 9.17) is 5.11 Å². The number of hydrogen-bond acceptors (Lipinski definition) is 3. The number of amides is 1. The average Bonchev–Trinajstić information content (AvgIpc) is 2.86. The summed E-state index contributed by atoms with van der Waals surface area (Å²) < 4.78 is 1.44. The number of para-hydroxylation sites is 2. The second kappa shape index (κ2) is 6.01. The van der Waals surface area contributed by atoms with Gasteiger partial charge in [0, 0.05) is 12.6 Å². The third-order valence-electron chi connectivity index (χ3n) is 2.92. The van der Waals surface area contributed by atoms with Gasteiger partial charge in [-0.1, -0.05) is 32.9 Å². The summed E-state index contributed by atoms with van der Waals surface area (Å²) in [5, 5.41) is 15.8. The molecule has 0 aliphatic carbocycles. The Balaban J connectivity index is 2.26. The minimum absolute atomic E-state index is 0.0455. The standard InChI is InChI=1S/C16H19N3O3/c1-16(2,3)10-14(20)17-11-6-4-5-7-13(11)19-9-8-12(18-19)15(21)22/h4-9H,10H2,1-3H3,(H,17,20)(H,21,22). The van der Waals surface area contributed by atoms with Crippen LogP contribution >= 0.6 is 0 Å². The normalized spacial score (nSPS) is 11.2. The molecule has 0 aliphatic rings.